The summed E-state index contributed by atoms with van der Waals surface area (Å²) >= 11 is 0. The van der Waals surface area contributed by atoms with E-state index in [0.717, 1.165) is 61.7 Å². The predicted molar refractivity (Wildman–Crippen MR) is 135 cm³/mol. The number of nitrogens with zero attached hydrogens (tertiary/aromatic N) is 3. The van der Waals surface area contributed by atoms with E-state index in [1.54, 1.807) is 12.1 Å². The second-order valence-electron chi connectivity index (χ2n) is 10.1. The summed E-state index contributed by atoms with van der Waals surface area (Å²) in [7, 11) is 0. The minimum absolute atomic E-state index is 0.0509. The summed E-state index contributed by atoms with van der Waals surface area (Å²) in [6, 6.07) is 18.0. The third-order valence-corrected chi connectivity index (χ3v) is 7.79. The maximum atomic E-state index is 13.8. The Kier molecular flexibility index (Phi) is 6.19. The number of fused-ring (bicyclic) bond motifs is 4. The Morgan fingerprint density at radius 1 is 0.917 bits per heavy atom. The van der Waals surface area contributed by atoms with Crippen LogP contribution in [0, 0.1) is 11.7 Å². The van der Waals surface area contributed by atoms with Crippen molar-refractivity contribution in [3.8, 4) is 11.1 Å². The highest BCUT2D eigenvalue weighted by Crippen LogP contribution is 2.36. The summed E-state index contributed by atoms with van der Waals surface area (Å²) in [6.07, 6.45) is 0.972. The van der Waals surface area contributed by atoms with Gasteiger partial charge in [-0.3, -0.25) is 14.5 Å². The van der Waals surface area contributed by atoms with Gasteiger partial charge in [-0.05, 0) is 59.9 Å². The number of hydrogen-bond donors (Lipinski definition) is 0. The van der Waals surface area contributed by atoms with E-state index >= 15 is 0 Å². The lowest BCUT2D eigenvalue weighted by molar-refractivity contribution is 0.0342. The first-order valence-electron chi connectivity index (χ1n) is 12.7. The summed E-state index contributed by atoms with van der Waals surface area (Å²) in [6.45, 7) is 5.86. The minimum Gasteiger partial charge on any atom is -0.379 e. The largest absolute Gasteiger partial charge is 0.379 e. The van der Waals surface area contributed by atoms with Crippen molar-refractivity contribution in [2.75, 3.05) is 39.4 Å². The fraction of sp³-hybridized carbons (Fsp3) is 0.379. The van der Waals surface area contributed by atoms with Gasteiger partial charge in [0.2, 0.25) is 0 Å². The topological polar surface area (TPSA) is 54.8 Å². The average Bonchev–Trinajstić information content (AvgIpc) is 2.90. The van der Waals surface area contributed by atoms with Crippen LogP contribution < -0.4 is 5.56 Å². The van der Waals surface area contributed by atoms with Crippen LogP contribution in [0.25, 0.3) is 11.1 Å². The zero-order chi connectivity index (χ0) is 24.6. The van der Waals surface area contributed by atoms with E-state index < -0.39 is 0 Å². The van der Waals surface area contributed by atoms with Crippen molar-refractivity contribution in [2.24, 2.45) is 5.92 Å². The molecule has 3 aliphatic rings. The van der Waals surface area contributed by atoms with Gasteiger partial charge in [-0.25, -0.2) is 4.39 Å². The van der Waals surface area contributed by atoms with E-state index in [0.29, 0.717) is 25.2 Å². The van der Waals surface area contributed by atoms with Gasteiger partial charge < -0.3 is 14.2 Å². The van der Waals surface area contributed by atoms with Crippen LogP contribution in [0.2, 0.25) is 0 Å². The van der Waals surface area contributed by atoms with Crippen molar-refractivity contribution in [3.63, 3.8) is 0 Å². The van der Waals surface area contributed by atoms with Gasteiger partial charge in [-0.2, -0.15) is 0 Å². The van der Waals surface area contributed by atoms with Crippen molar-refractivity contribution in [2.45, 2.75) is 25.4 Å². The summed E-state index contributed by atoms with van der Waals surface area (Å²) in [5.41, 5.74) is 4.44. The summed E-state index contributed by atoms with van der Waals surface area (Å²) in [5, 5.41) is 0. The lowest BCUT2D eigenvalue weighted by Gasteiger charge is -2.43. The molecule has 2 atom stereocenters. The van der Waals surface area contributed by atoms with Crippen LogP contribution in [-0.2, 0) is 17.8 Å². The van der Waals surface area contributed by atoms with Crippen LogP contribution in [0.4, 0.5) is 4.39 Å². The molecule has 1 aromatic heterocycles. The molecule has 2 fully saturated rings. The number of morpholine rings is 1. The van der Waals surface area contributed by atoms with E-state index in [9.17, 15) is 14.0 Å². The molecule has 3 aliphatic heterocycles. The number of rotatable bonds is 4. The number of amides is 1. The van der Waals surface area contributed by atoms with Crippen molar-refractivity contribution in [3.05, 3.63) is 93.7 Å². The Morgan fingerprint density at radius 3 is 2.50 bits per heavy atom. The molecule has 36 heavy (non-hydrogen) atoms. The smallest absolute Gasteiger partial charge is 0.258 e. The Labute approximate surface area is 209 Å². The number of benzene rings is 2. The quantitative estimate of drug-likeness (QED) is 0.563. The number of pyridine rings is 1. The van der Waals surface area contributed by atoms with Crippen LogP contribution in [0.1, 0.15) is 34.0 Å². The number of ether oxygens (including phenoxy) is 1. The van der Waals surface area contributed by atoms with Gasteiger partial charge in [0.15, 0.2) is 0 Å². The van der Waals surface area contributed by atoms with E-state index in [2.05, 4.69) is 17.0 Å². The fourth-order valence-electron chi connectivity index (χ4n) is 6.01. The minimum atomic E-state index is -0.349. The van der Waals surface area contributed by atoms with Gasteiger partial charge >= 0.3 is 0 Å². The third kappa shape index (κ3) is 4.38. The molecule has 0 spiro atoms. The highest BCUT2D eigenvalue weighted by molar-refractivity contribution is 5.94. The summed E-state index contributed by atoms with van der Waals surface area (Å²) in [5.74, 6) is -0.0868. The van der Waals surface area contributed by atoms with E-state index in [4.69, 9.17) is 4.74 Å². The van der Waals surface area contributed by atoms with E-state index in [1.165, 1.54) is 12.1 Å². The van der Waals surface area contributed by atoms with Crippen molar-refractivity contribution < 1.29 is 13.9 Å². The molecule has 1 amide bonds. The van der Waals surface area contributed by atoms with Gasteiger partial charge in [0.25, 0.3) is 11.5 Å². The zero-order valence-electron chi connectivity index (χ0n) is 20.2. The fourth-order valence-corrected chi connectivity index (χ4v) is 6.01. The molecular formula is C29H30FN3O3. The van der Waals surface area contributed by atoms with Crippen molar-refractivity contribution >= 4 is 5.91 Å². The van der Waals surface area contributed by atoms with Crippen LogP contribution in [0.15, 0.2) is 65.5 Å². The van der Waals surface area contributed by atoms with Crippen molar-refractivity contribution in [1.29, 1.82) is 0 Å². The first-order valence-corrected chi connectivity index (χ1v) is 12.7. The second-order valence-corrected chi connectivity index (χ2v) is 10.1. The molecule has 0 N–H and O–H groups in total. The van der Waals surface area contributed by atoms with E-state index in [-0.39, 0.29) is 29.1 Å². The molecule has 4 heterocycles. The molecule has 0 saturated carbocycles. The van der Waals surface area contributed by atoms with Gasteiger partial charge in [0.05, 0.1) is 13.2 Å². The van der Waals surface area contributed by atoms with Crippen LogP contribution in [0.3, 0.4) is 0 Å². The predicted octanol–water partition coefficient (Wildman–Crippen LogP) is 3.75. The maximum absolute atomic E-state index is 13.8. The number of halogens is 1. The molecule has 0 aliphatic carbocycles. The average molecular weight is 488 g/mol. The Balaban J connectivity index is 1.28. The molecule has 3 aromatic rings. The highest BCUT2D eigenvalue weighted by Gasteiger charge is 2.37. The standard InChI is InChI=1S/C29H30FN3O3/c30-24-7-5-21(6-8-24)28(34)32-16-20-15-23(19-32)27-10-9-26(29(35)33(27)17-20)25-4-2-1-3-22(25)18-31-11-13-36-14-12-31/h1-10,20,23H,11-19H2/t20-,23+/m0/s1. The van der Waals surface area contributed by atoms with Gasteiger partial charge in [0, 0.05) is 62.0 Å². The van der Waals surface area contributed by atoms with Gasteiger partial charge in [-0.15, -0.1) is 0 Å². The SMILES string of the molecule is O=C(c1ccc(F)cc1)N1C[C@@H]2C[C@H](C1)c1ccc(-c3ccccc3CN3CCOCC3)c(=O)n1C2. The molecule has 6 nitrogen and oxygen atoms in total. The molecule has 0 unspecified atom stereocenters. The monoisotopic (exact) mass is 487 g/mol. The van der Waals surface area contributed by atoms with Crippen molar-refractivity contribution in [1.82, 2.24) is 14.4 Å². The number of carbonyl (C=O) groups excluding carboxylic acids is 1. The third-order valence-electron chi connectivity index (χ3n) is 7.79. The zero-order valence-corrected chi connectivity index (χ0v) is 20.2. The van der Waals surface area contributed by atoms with Gasteiger partial charge in [-0.1, -0.05) is 24.3 Å². The number of aromatic nitrogens is 1. The number of likely N-dealkylation sites (tertiary alicyclic amines) is 1. The first-order chi connectivity index (χ1) is 17.6. The lowest BCUT2D eigenvalue weighted by Crippen LogP contribution is -2.49. The molecule has 2 aromatic carbocycles. The molecule has 2 bridgehead atoms. The normalized spacial score (nSPS) is 21.8. The molecule has 2 saturated heterocycles. The molecule has 7 heteroatoms. The van der Waals surface area contributed by atoms with Crippen LogP contribution in [0.5, 0.6) is 0 Å². The van der Waals surface area contributed by atoms with Crippen LogP contribution in [-0.4, -0.2) is 59.7 Å². The Morgan fingerprint density at radius 2 is 1.69 bits per heavy atom. The molecule has 6 rings (SSSR count). The highest BCUT2D eigenvalue weighted by atomic mass is 19.1. The first kappa shape index (κ1) is 23.1. The molecule has 186 valence electrons. The maximum Gasteiger partial charge on any atom is 0.258 e. The number of piperidine rings is 1. The molecule has 0 radical (unpaired) electrons. The van der Waals surface area contributed by atoms with Gasteiger partial charge in [0.1, 0.15) is 5.82 Å². The molecular weight excluding hydrogens is 457 g/mol. The van der Waals surface area contributed by atoms with E-state index in [1.807, 2.05) is 33.7 Å². The summed E-state index contributed by atoms with van der Waals surface area (Å²) < 4.78 is 20.7. The summed E-state index contributed by atoms with van der Waals surface area (Å²) in [4.78, 5) is 31.1. The lowest BCUT2D eigenvalue weighted by atomic mass is 9.82. The Bertz CT molecular complexity index is 1330. The number of hydrogen-bond acceptors (Lipinski definition) is 4. The Hall–Kier alpha value is -3.29. The number of carbonyl (C=O) groups is 1. The van der Waals surface area contributed by atoms with Crippen LogP contribution >= 0.6 is 0 Å². The second kappa shape index (κ2) is 9.64.